The predicted octanol–water partition coefficient (Wildman–Crippen LogP) is 3.34. The van der Waals surface area contributed by atoms with E-state index in [-0.39, 0.29) is 23.1 Å². The molecule has 2 aromatic carbocycles. The van der Waals surface area contributed by atoms with Crippen molar-refractivity contribution in [2.75, 3.05) is 5.09 Å². The molecule has 1 unspecified atom stereocenters. The van der Waals surface area contributed by atoms with Gasteiger partial charge in [-0.25, -0.2) is 4.57 Å². The van der Waals surface area contributed by atoms with E-state index >= 15 is 0 Å². The molecular weight excluding hydrogens is 317 g/mol. The third-order valence-electron chi connectivity index (χ3n) is 3.68. The topological polar surface area (TPSA) is 110 Å². The van der Waals surface area contributed by atoms with Crippen molar-refractivity contribution < 1.29 is 24.6 Å². The van der Waals surface area contributed by atoms with Crippen LogP contribution in [0.3, 0.4) is 0 Å². The quantitative estimate of drug-likeness (QED) is 0.517. The summed E-state index contributed by atoms with van der Waals surface area (Å²) in [6.07, 6.45) is 1.09. The first-order valence-corrected chi connectivity index (χ1v) is 8.81. The minimum Gasteiger partial charge on any atom is -0.508 e. The lowest BCUT2D eigenvalue weighted by molar-refractivity contribution is 0.380. The Hall–Kier alpha value is -2.01. The molecular formula is C16H20NO5P. The third-order valence-corrected chi connectivity index (χ3v) is 4.22. The van der Waals surface area contributed by atoms with E-state index in [0.717, 1.165) is 5.56 Å². The average molecular weight is 337 g/mol. The van der Waals surface area contributed by atoms with E-state index in [1.165, 1.54) is 18.2 Å². The molecule has 0 aliphatic heterocycles. The van der Waals surface area contributed by atoms with E-state index in [1.54, 1.807) is 18.2 Å². The van der Waals surface area contributed by atoms with Crippen molar-refractivity contribution in [2.45, 2.75) is 25.7 Å². The van der Waals surface area contributed by atoms with Crippen LogP contribution in [0.4, 0.5) is 5.69 Å². The van der Waals surface area contributed by atoms with E-state index in [4.69, 9.17) is 9.79 Å². The zero-order chi connectivity index (χ0) is 17.0. The summed E-state index contributed by atoms with van der Waals surface area (Å²) in [5.74, 6) is 0.303. The van der Waals surface area contributed by atoms with E-state index in [9.17, 15) is 14.8 Å². The Morgan fingerprint density at radius 2 is 1.83 bits per heavy atom. The van der Waals surface area contributed by atoms with Crippen LogP contribution >= 0.6 is 7.75 Å². The van der Waals surface area contributed by atoms with Crippen LogP contribution in [0.2, 0.25) is 0 Å². The van der Waals surface area contributed by atoms with Crippen LogP contribution in [-0.4, -0.2) is 20.0 Å². The van der Waals surface area contributed by atoms with Crippen LogP contribution in [0, 0.1) is 0 Å². The van der Waals surface area contributed by atoms with Crippen molar-refractivity contribution >= 4 is 13.4 Å². The number of benzene rings is 2. The van der Waals surface area contributed by atoms with Gasteiger partial charge in [-0.1, -0.05) is 25.1 Å². The van der Waals surface area contributed by atoms with Crippen LogP contribution in [0.25, 0.3) is 0 Å². The number of phenolic OH excluding ortho intramolecular Hbond substituents is 2. The van der Waals surface area contributed by atoms with E-state index in [2.05, 4.69) is 5.09 Å². The fraction of sp³-hybridized carbons (Fsp3) is 0.250. The minimum absolute atomic E-state index is 0.00782. The maximum absolute atomic E-state index is 11.1. The Bertz CT molecular complexity index is 728. The van der Waals surface area contributed by atoms with Crippen LogP contribution in [0.1, 0.15) is 30.4 Å². The molecule has 0 radical (unpaired) electrons. The number of rotatable bonds is 6. The van der Waals surface area contributed by atoms with E-state index < -0.39 is 7.75 Å². The molecule has 5 N–H and O–H groups in total. The van der Waals surface area contributed by atoms with Crippen LogP contribution in [0.5, 0.6) is 11.5 Å². The molecule has 0 saturated heterocycles. The van der Waals surface area contributed by atoms with Crippen molar-refractivity contribution in [3.8, 4) is 11.5 Å². The molecule has 0 bridgehead atoms. The lowest BCUT2D eigenvalue weighted by Gasteiger charge is -2.17. The van der Waals surface area contributed by atoms with Crippen molar-refractivity contribution in [1.82, 2.24) is 0 Å². The highest BCUT2D eigenvalue weighted by Gasteiger charge is 2.17. The number of hydrogen-bond acceptors (Lipinski definition) is 3. The second-order valence-electron chi connectivity index (χ2n) is 5.49. The standard InChI is InChI=1S/C16H20NO5P/c1-11(12-4-2-5-13(18)10-12)8-9-14-15(17-23(20,21)22)6-3-7-16(14)19/h2-7,10-11,18-19H,8-9H2,1H3,(H3,17,20,21,22). The van der Waals surface area contributed by atoms with E-state index in [0.29, 0.717) is 18.4 Å². The van der Waals surface area contributed by atoms with Gasteiger partial charge in [-0.15, -0.1) is 0 Å². The number of anilines is 1. The first kappa shape index (κ1) is 17.3. The molecule has 0 heterocycles. The second-order valence-corrected chi connectivity index (χ2v) is 6.81. The molecule has 0 spiro atoms. The minimum atomic E-state index is -4.44. The predicted molar refractivity (Wildman–Crippen MR) is 88.6 cm³/mol. The van der Waals surface area contributed by atoms with E-state index in [1.807, 2.05) is 13.0 Å². The molecule has 23 heavy (non-hydrogen) atoms. The average Bonchev–Trinajstić information content (AvgIpc) is 2.44. The van der Waals surface area contributed by atoms with Gasteiger partial charge in [0, 0.05) is 5.56 Å². The Balaban J connectivity index is 2.15. The maximum Gasteiger partial charge on any atom is 0.427 e. The first-order chi connectivity index (χ1) is 10.8. The summed E-state index contributed by atoms with van der Waals surface area (Å²) < 4.78 is 11.1. The summed E-state index contributed by atoms with van der Waals surface area (Å²) in [6.45, 7) is 1.99. The number of phenols is 2. The molecule has 2 aromatic rings. The molecule has 0 aliphatic carbocycles. The molecule has 0 fully saturated rings. The molecule has 0 aliphatic rings. The van der Waals surface area contributed by atoms with Gasteiger partial charge in [-0.2, -0.15) is 0 Å². The number of aromatic hydroxyl groups is 2. The number of nitrogens with one attached hydrogen (secondary N) is 1. The summed E-state index contributed by atoms with van der Waals surface area (Å²) >= 11 is 0. The van der Waals surface area contributed by atoms with Crippen molar-refractivity contribution in [2.24, 2.45) is 0 Å². The molecule has 0 saturated carbocycles. The lowest BCUT2D eigenvalue weighted by Crippen LogP contribution is -2.02. The largest absolute Gasteiger partial charge is 0.508 e. The maximum atomic E-state index is 11.1. The Morgan fingerprint density at radius 1 is 1.13 bits per heavy atom. The zero-order valence-electron chi connectivity index (χ0n) is 12.7. The van der Waals surface area contributed by atoms with Gasteiger partial charge in [0.2, 0.25) is 0 Å². The zero-order valence-corrected chi connectivity index (χ0v) is 13.6. The second kappa shape index (κ2) is 7.04. The van der Waals surface area contributed by atoms with Gasteiger partial charge in [0.25, 0.3) is 0 Å². The Kier molecular flexibility index (Phi) is 5.31. The molecule has 0 aromatic heterocycles. The van der Waals surface area contributed by atoms with Gasteiger partial charge in [0.1, 0.15) is 11.5 Å². The number of hydrogen-bond donors (Lipinski definition) is 5. The highest BCUT2D eigenvalue weighted by molar-refractivity contribution is 7.53. The fourth-order valence-electron chi connectivity index (χ4n) is 2.46. The lowest BCUT2D eigenvalue weighted by atomic mass is 9.93. The van der Waals surface area contributed by atoms with Crippen molar-refractivity contribution in [1.29, 1.82) is 0 Å². The molecule has 6 nitrogen and oxygen atoms in total. The summed E-state index contributed by atoms with van der Waals surface area (Å²) in [7, 11) is -4.44. The Labute approximate surface area is 134 Å². The van der Waals surface area contributed by atoms with Gasteiger partial charge in [0.15, 0.2) is 0 Å². The highest BCUT2D eigenvalue weighted by atomic mass is 31.2. The first-order valence-electron chi connectivity index (χ1n) is 7.20. The highest BCUT2D eigenvalue weighted by Crippen LogP contribution is 2.39. The van der Waals surface area contributed by atoms with Crippen molar-refractivity contribution in [3.05, 3.63) is 53.6 Å². The molecule has 7 heteroatoms. The SMILES string of the molecule is CC(CCc1c(O)cccc1NP(=O)(O)O)c1cccc(O)c1. The summed E-state index contributed by atoms with van der Waals surface area (Å²) in [6, 6.07) is 11.5. The van der Waals surface area contributed by atoms with Crippen LogP contribution in [0.15, 0.2) is 42.5 Å². The van der Waals surface area contributed by atoms with Crippen LogP contribution < -0.4 is 5.09 Å². The van der Waals surface area contributed by atoms with Gasteiger partial charge >= 0.3 is 7.75 Å². The molecule has 0 amide bonds. The monoisotopic (exact) mass is 337 g/mol. The summed E-state index contributed by atoms with van der Waals surface area (Å²) in [5.41, 5.74) is 1.65. The van der Waals surface area contributed by atoms with Gasteiger partial charge in [-0.05, 0) is 48.6 Å². The molecule has 2 rings (SSSR count). The normalized spacial score (nSPS) is 12.8. The van der Waals surface area contributed by atoms with Gasteiger partial charge < -0.3 is 20.0 Å². The molecule has 1 atom stereocenters. The summed E-state index contributed by atoms with van der Waals surface area (Å²) in [5, 5.41) is 21.6. The van der Waals surface area contributed by atoms with Crippen LogP contribution in [-0.2, 0) is 11.0 Å². The van der Waals surface area contributed by atoms with Gasteiger partial charge in [-0.3, -0.25) is 5.09 Å². The summed E-state index contributed by atoms with van der Waals surface area (Å²) in [4.78, 5) is 18.1. The van der Waals surface area contributed by atoms with Gasteiger partial charge in [0.05, 0.1) is 5.69 Å². The fourth-order valence-corrected chi connectivity index (χ4v) is 2.98. The molecule has 124 valence electrons. The third kappa shape index (κ3) is 4.99. The van der Waals surface area contributed by atoms with Crippen molar-refractivity contribution in [3.63, 3.8) is 0 Å². The smallest absolute Gasteiger partial charge is 0.427 e. The Morgan fingerprint density at radius 3 is 2.48 bits per heavy atom.